The van der Waals surface area contributed by atoms with E-state index in [0.717, 1.165) is 12.1 Å². The quantitative estimate of drug-likeness (QED) is 0.781. The molecule has 1 rings (SSSR count). The van der Waals surface area contributed by atoms with E-state index in [1.54, 1.807) is 0 Å². The SMILES string of the molecule is O=S(=O)(F)/C=C/c1ccccc1S(=O)(=O)F. The highest BCUT2D eigenvalue weighted by molar-refractivity contribution is 7.89. The topological polar surface area (TPSA) is 68.3 Å². The molecule has 0 N–H and O–H groups in total. The van der Waals surface area contributed by atoms with Gasteiger partial charge in [0.25, 0.3) is 0 Å². The van der Waals surface area contributed by atoms with E-state index in [1.165, 1.54) is 12.1 Å². The Bertz CT molecular complexity index is 617. The van der Waals surface area contributed by atoms with E-state index in [4.69, 9.17) is 0 Å². The predicted octanol–water partition coefficient (Wildman–Crippen LogP) is 1.61. The van der Waals surface area contributed by atoms with Crippen LogP contribution in [0.15, 0.2) is 34.6 Å². The highest BCUT2D eigenvalue weighted by Crippen LogP contribution is 2.19. The molecule has 0 aliphatic carbocycles. The van der Waals surface area contributed by atoms with Crippen LogP contribution in [0.5, 0.6) is 0 Å². The molecular formula is C8H6F2O4S2. The van der Waals surface area contributed by atoms with E-state index in [2.05, 4.69) is 0 Å². The highest BCUT2D eigenvalue weighted by atomic mass is 32.3. The van der Waals surface area contributed by atoms with Gasteiger partial charge < -0.3 is 0 Å². The van der Waals surface area contributed by atoms with Gasteiger partial charge in [-0.1, -0.05) is 18.2 Å². The summed E-state index contributed by atoms with van der Waals surface area (Å²) in [7, 11) is -9.85. The van der Waals surface area contributed by atoms with Gasteiger partial charge in [-0.3, -0.25) is 0 Å². The van der Waals surface area contributed by atoms with Crippen LogP contribution in [-0.2, 0) is 20.4 Å². The zero-order valence-electron chi connectivity index (χ0n) is 7.67. The van der Waals surface area contributed by atoms with Crippen LogP contribution < -0.4 is 0 Å². The molecule has 0 radical (unpaired) electrons. The van der Waals surface area contributed by atoms with E-state index in [9.17, 15) is 24.6 Å². The van der Waals surface area contributed by atoms with Gasteiger partial charge in [0.1, 0.15) is 4.90 Å². The van der Waals surface area contributed by atoms with Crippen LogP contribution >= 0.6 is 0 Å². The first-order chi connectivity index (χ1) is 7.20. The Balaban J connectivity index is 3.32. The second-order valence-electron chi connectivity index (χ2n) is 2.75. The second kappa shape index (κ2) is 4.30. The van der Waals surface area contributed by atoms with Crippen molar-refractivity contribution in [2.45, 2.75) is 4.90 Å². The average Bonchev–Trinajstić information content (AvgIpc) is 2.12. The van der Waals surface area contributed by atoms with Crippen LogP contribution in [0, 0.1) is 0 Å². The van der Waals surface area contributed by atoms with Gasteiger partial charge in [-0.2, -0.15) is 16.8 Å². The van der Waals surface area contributed by atoms with Crippen LogP contribution in [-0.4, -0.2) is 16.8 Å². The summed E-state index contributed by atoms with van der Waals surface area (Å²) in [6.07, 6.45) is 0.668. The van der Waals surface area contributed by atoms with E-state index < -0.39 is 25.3 Å². The molecule has 0 amide bonds. The first kappa shape index (κ1) is 12.8. The minimum absolute atomic E-state index is 0.150. The van der Waals surface area contributed by atoms with Crippen LogP contribution in [0.2, 0.25) is 0 Å². The zero-order valence-corrected chi connectivity index (χ0v) is 9.30. The van der Waals surface area contributed by atoms with Crippen molar-refractivity contribution in [3.63, 3.8) is 0 Å². The summed E-state index contributed by atoms with van der Waals surface area (Å²) < 4.78 is 66.4. The maximum atomic E-state index is 12.7. The summed E-state index contributed by atoms with van der Waals surface area (Å²) in [5.41, 5.74) is -0.244. The normalized spacial score (nSPS) is 13.1. The number of benzene rings is 1. The van der Waals surface area contributed by atoms with Gasteiger partial charge in [-0.05, 0) is 17.7 Å². The molecule has 0 spiro atoms. The predicted molar refractivity (Wildman–Crippen MR) is 53.8 cm³/mol. The lowest BCUT2D eigenvalue weighted by Crippen LogP contribution is -1.95. The third-order valence-electron chi connectivity index (χ3n) is 1.59. The van der Waals surface area contributed by atoms with Crippen molar-refractivity contribution >= 4 is 26.5 Å². The molecule has 0 aliphatic heterocycles. The monoisotopic (exact) mass is 268 g/mol. The Morgan fingerprint density at radius 2 is 1.56 bits per heavy atom. The summed E-state index contributed by atoms with van der Waals surface area (Å²) in [5, 5.41) is 0.150. The summed E-state index contributed by atoms with van der Waals surface area (Å²) in [6, 6.07) is 4.71. The summed E-state index contributed by atoms with van der Waals surface area (Å²) in [6.45, 7) is 0. The fourth-order valence-corrected chi connectivity index (χ4v) is 1.96. The van der Waals surface area contributed by atoms with Crippen molar-refractivity contribution in [3.8, 4) is 0 Å². The fourth-order valence-electron chi connectivity index (χ4n) is 0.995. The molecule has 88 valence electrons. The van der Waals surface area contributed by atoms with Crippen molar-refractivity contribution in [3.05, 3.63) is 35.2 Å². The lowest BCUT2D eigenvalue weighted by Gasteiger charge is -1.99. The largest absolute Gasteiger partial charge is 0.332 e. The Morgan fingerprint density at radius 1 is 1.00 bits per heavy atom. The van der Waals surface area contributed by atoms with Crippen LogP contribution in [0.3, 0.4) is 0 Å². The molecule has 0 aromatic heterocycles. The van der Waals surface area contributed by atoms with Crippen molar-refractivity contribution in [2.75, 3.05) is 0 Å². The van der Waals surface area contributed by atoms with Gasteiger partial charge in [0, 0.05) is 0 Å². The van der Waals surface area contributed by atoms with Crippen LogP contribution in [0.4, 0.5) is 7.77 Å². The van der Waals surface area contributed by atoms with E-state index >= 15 is 0 Å². The van der Waals surface area contributed by atoms with Gasteiger partial charge in [-0.15, -0.1) is 7.77 Å². The lowest BCUT2D eigenvalue weighted by atomic mass is 10.2. The van der Waals surface area contributed by atoms with Crippen molar-refractivity contribution in [1.82, 2.24) is 0 Å². The molecule has 1 aromatic rings. The van der Waals surface area contributed by atoms with Crippen LogP contribution in [0.1, 0.15) is 5.56 Å². The Kier molecular flexibility index (Phi) is 3.44. The number of halogens is 2. The van der Waals surface area contributed by atoms with E-state index in [1.807, 2.05) is 0 Å². The van der Waals surface area contributed by atoms with Crippen molar-refractivity contribution < 1.29 is 24.6 Å². The minimum atomic E-state index is -4.97. The molecule has 1 aromatic carbocycles. The molecule has 0 heterocycles. The summed E-state index contributed by atoms with van der Waals surface area (Å²) >= 11 is 0. The number of hydrogen-bond acceptors (Lipinski definition) is 4. The Morgan fingerprint density at radius 3 is 2.06 bits per heavy atom. The molecule has 0 bridgehead atoms. The smallest absolute Gasteiger partial charge is 0.190 e. The first-order valence-electron chi connectivity index (χ1n) is 3.86. The van der Waals surface area contributed by atoms with Gasteiger partial charge in [0.15, 0.2) is 0 Å². The molecule has 0 unspecified atom stereocenters. The van der Waals surface area contributed by atoms with E-state index in [0.29, 0.717) is 6.08 Å². The van der Waals surface area contributed by atoms with Crippen LogP contribution in [0.25, 0.3) is 6.08 Å². The Hall–Kier alpha value is -1.28. The molecule has 0 fully saturated rings. The molecule has 16 heavy (non-hydrogen) atoms. The highest BCUT2D eigenvalue weighted by Gasteiger charge is 2.15. The van der Waals surface area contributed by atoms with Gasteiger partial charge >= 0.3 is 20.4 Å². The van der Waals surface area contributed by atoms with Gasteiger partial charge in [0.2, 0.25) is 0 Å². The minimum Gasteiger partial charge on any atom is -0.190 e. The molecule has 4 nitrogen and oxygen atoms in total. The third kappa shape index (κ3) is 3.70. The molecule has 0 saturated heterocycles. The lowest BCUT2D eigenvalue weighted by molar-refractivity contribution is 0.551. The van der Waals surface area contributed by atoms with Gasteiger partial charge in [0.05, 0.1) is 5.41 Å². The summed E-state index contributed by atoms with van der Waals surface area (Å²) in [5.74, 6) is 0. The molecule has 0 atom stereocenters. The first-order valence-corrected chi connectivity index (χ1v) is 6.69. The van der Waals surface area contributed by atoms with E-state index in [-0.39, 0.29) is 11.0 Å². The molecule has 0 saturated carbocycles. The maximum Gasteiger partial charge on any atom is 0.332 e. The number of rotatable bonds is 3. The maximum absolute atomic E-state index is 12.7. The van der Waals surface area contributed by atoms with Gasteiger partial charge in [-0.25, -0.2) is 0 Å². The fraction of sp³-hybridized carbons (Fsp3) is 0. The summed E-state index contributed by atoms with van der Waals surface area (Å²) in [4.78, 5) is -0.713. The second-order valence-corrected chi connectivity index (χ2v) is 5.29. The zero-order chi connectivity index (χ0) is 12.4. The average molecular weight is 268 g/mol. The molecule has 8 heteroatoms. The molecular weight excluding hydrogens is 262 g/mol. The standard InChI is InChI=1S/C8H6F2O4S2/c9-15(11,12)6-5-7-3-1-2-4-8(7)16(10,13)14/h1-6H/b6-5+. The van der Waals surface area contributed by atoms with Crippen molar-refractivity contribution in [2.24, 2.45) is 0 Å². The Labute approximate surface area is 91.6 Å². The van der Waals surface area contributed by atoms with Crippen molar-refractivity contribution in [1.29, 1.82) is 0 Å². The third-order valence-corrected chi connectivity index (χ3v) is 2.95. The molecule has 0 aliphatic rings. The number of hydrogen-bond donors (Lipinski definition) is 0.